The molecule has 0 saturated carbocycles. The molecule has 1 N–H and O–H groups in total. The van der Waals surface area contributed by atoms with E-state index in [-0.39, 0.29) is 5.91 Å². The van der Waals surface area contributed by atoms with Crippen molar-refractivity contribution in [1.82, 2.24) is 9.88 Å². The molecular formula is C18H19ClN2O. The Balaban J connectivity index is 1.85. The van der Waals surface area contributed by atoms with Crippen LogP contribution in [0.4, 0.5) is 0 Å². The van der Waals surface area contributed by atoms with E-state index in [1.807, 2.05) is 37.1 Å². The molecule has 1 aliphatic heterocycles. The summed E-state index contributed by atoms with van der Waals surface area (Å²) in [6.07, 6.45) is 6.71. The second kappa shape index (κ2) is 6.01. The van der Waals surface area contributed by atoms with Crippen LogP contribution >= 0.6 is 11.6 Å². The van der Waals surface area contributed by atoms with Crippen molar-refractivity contribution in [3.05, 3.63) is 52.7 Å². The van der Waals surface area contributed by atoms with Gasteiger partial charge in [-0.05, 0) is 31.9 Å². The maximum absolute atomic E-state index is 12.1. The third-order valence-electron chi connectivity index (χ3n) is 3.94. The van der Waals surface area contributed by atoms with E-state index in [9.17, 15) is 4.79 Å². The van der Waals surface area contributed by atoms with Gasteiger partial charge in [-0.1, -0.05) is 35.4 Å². The summed E-state index contributed by atoms with van der Waals surface area (Å²) < 4.78 is 0. The van der Waals surface area contributed by atoms with Crippen molar-refractivity contribution in [2.24, 2.45) is 0 Å². The molecule has 1 amide bonds. The van der Waals surface area contributed by atoms with Crippen molar-refractivity contribution in [2.75, 3.05) is 13.1 Å². The fourth-order valence-corrected chi connectivity index (χ4v) is 3.06. The zero-order valence-corrected chi connectivity index (χ0v) is 13.6. The number of fused-ring (bicyclic) bond motifs is 1. The lowest BCUT2D eigenvalue weighted by atomic mass is 9.99. The summed E-state index contributed by atoms with van der Waals surface area (Å²) in [5.41, 5.74) is 4.47. The van der Waals surface area contributed by atoms with Gasteiger partial charge in [0.25, 0.3) is 0 Å². The summed E-state index contributed by atoms with van der Waals surface area (Å²) in [5.74, 6) is 0.0947. The number of nitrogens with one attached hydrogen (secondary N) is 1. The van der Waals surface area contributed by atoms with Crippen LogP contribution in [-0.2, 0) is 4.79 Å². The summed E-state index contributed by atoms with van der Waals surface area (Å²) in [6, 6.07) is 5.93. The smallest absolute Gasteiger partial charge is 0.246 e. The van der Waals surface area contributed by atoms with E-state index in [1.54, 1.807) is 6.08 Å². The van der Waals surface area contributed by atoms with Gasteiger partial charge in [-0.25, -0.2) is 0 Å². The number of para-hydroxylation sites is 1. The van der Waals surface area contributed by atoms with E-state index in [1.165, 1.54) is 11.1 Å². The average molecular weight is 315 g/mol. The first kappa shape index (κ1) is 14.9. The number of H-pyrrole nitrogens is 1. The van der Waals surface area contributed by atoms with Crippen LogP contribution < -0.4 is 0 Å². The lowest BCUT2D eigenvalue weighted by molar-refractivity contribution is -0.125. The number of allylic oxidation sites excluding steroid dienone is 1. The molecule has 1 aromatic carbocycles. The van der Waals surface area contributed by atoms with Crippen LogP contribution in [0, 0.1) is 0 Å². The van der Waals surface area contributed by atoms with Crippen molar-refractivity contribution in [3.63, 3.8) is 0 Å². The molecule has 4 heteroatoms. The average Bonchev–Trinajstić information content (AvgIpc) is 2.92. The Labute approximate surface area is 135 Å². The second-order valence-electron chi connectivity index (χ2n) is 5.85. The Bertz CT molecular complexity index is 781. The predicted molar refractivity (Wildman–Crippen MR) is 91.9 cm³/mol. The number of amides is 1. The largest absolute Gasteiger partial charge is 0.359 e. The predicted octanol–water partition coefficient (Wildman–Crippen LogP) is 4.40. The molecular weight excluding hydrogens is 296 g/mol. The normalized spacial score (nSPS) is 14.9. The summed E-state index contributed by atoms with van der Waals surface area (Å²) in [5, 5.41) is 1.88. The van der Waals surface area contributed by atoms with E-state index in [0.717, 1.165) is 34.5 Å². The van der Waals surface area contributed by atoms with Crippen LogP contribution in [0.1, 0.15) is 25.8 Å². The highest BCUT2D eigenvalue weighted by Crippen LogP contribution is 2.32. The molecule has 0 fully saturated rings. The van der Waals surface area contributed by atoms with Crippen molar-refractivity contribution in [2.45, 2.75) is 20.3 Å². The molecule has 0 aliphatic carbocycles. The van der Waals surface area contributed by atoms with Crippen LogP contribution in [0.3, 0.4) is 0 Å². The number of rotatable bonds is 2. The Morgan fingerprint density at radius 2 is 2.18 bits per heavy atom. The molecule has 22 heavy (non-hydrogen) atoms. The summed E-state index contributed by atoms with van der Waals surface area (Å²) in [6.45, 7) is 5.30. The zero-order chi connectivity index (χ0) is 15.7. The Morgan fingerprint density at radius 1 is 1.36 bits per heavy atom. The first-order valence-corrected chi connectivity index (χ1v) is 7.83. The Hall–Kier alpha value is -2.00. The third-order valence-corrected chi connectivity index (χ3v) is 4.26. The SMILES string of the molecule is CC(C)=CC(=O)N1CC=C(c2c[nH]c3c(Cl)cccc23)CC1. The van der Waals surface area contributed by atoms with Crippen LogP contribution in [-0.4, -0.2) is 28.9 Å². The zero-order valence-electron chi connectivity index (χ0n) is 12.8. The van der Waals surface area contributed by atoms with E-state index in [0.29, 0.717) is 6.54 Å². The van der Waals surface area contributed by atoms with Crippen LogP contribution in [0.25, 0.3) is 16.5 Å². The van der Waals surface area contributed by atoms with Gasteiger partial charge in [-0.2, -0.15) is 0 Å². The number of hydrogen-bond acceptors (Lipinski definition) is 1. The molecule has 2 heterocycles. The number of hydrogen-bond donors (Lipinski definition) is 1. The van der Waals surface area contributed by atoms with Crippen molar-refractivity contribution in [1.29, 1.82) is 0 Å². The minimum absolute atomic E-state index is 0.0947. The van der Waals surface area contributed by atoms with Crippen LogP contribution in [0.15, 0.2) is 42.1 Å². The van der Waals surface area contributed by atoms with Gasteiger partial charge in [0.05, 0.1) is 10.5 Å². The first-order chi connectivity index (χ1) is 10.6. The monoisotopic (exact) mass is 314 g/mol. The lowest BCUT2D eigenvalue weighted by Gasteiger charge is -2.25. The molecule has 2 aromatic rings. The summed E-state index contributed by atoms with van der Waals surface area (Å²) >= 11 is 6.21. The number of carbonyl (C=O) groups excluding carboxylic acids is 1. The summed E-state index contributed by atoms with van der Waals surface area (Å²) in [7, 11) is 0. The molecule has 0 bridgehead atoms. The summed E-state index contributed by atoms with van der Waals surface area (Å²) in [4.78, 5) is 17.2. The lowest BCUT2D eigenvalue weighted by Crippen LogP contribution is -2.33. The first-order valence-electron chi connectivity index (χ1n) is 7.45. The maximum atomic E-state index is 12.1. The van der Waals surface area contributed by atoms with Crippen molar-refractivity contribution >= 4 is 34.0 Å². The molecule has 0 unspecified atom stereocenters. The van der Waals surface area contributed by atoms with E-state index in [2.05, 4.69) is 17.1 Å². The molecule has 1 aromatic heterocycles. The fraction of sp³-hybridized carbons (Fsp3) is 0.278. The van der Waals surface area contributed by atoms with Gasteiger partial charge >= 0.3 is 0 Å². The van der Waals surface area contributed by atoms with Gasteiger partial charge in [0.1, 0.15) is 0 Å². The van der Waals surface area contributed by atoms with E-state index in [4.69, 9.17) is 11.6 Å². The standard InChI is InChI=1S/C18H19ClN2O/c1-12(2)10-17(22)21-8-6-13(7-9-21)15-11-20-18-14(15)4-3-5-16(18)19/h3-6,10-11,20H,7-9H2,1-2H3. The number of halogens is 1. The van der Waals surface area contributed by atoms with Gasteiger partial charge < -0.3 is 9.88 Å². The molecule has 1 aliphatic rings. The molecule has 0 atom stereocenters. The highest BCUT2D eigenvalue weighted by molar-refractivity contribution is 6.35. The molecule has 0 spiro atoms. The van der Waals surface area contributed by atoms with Gasteiger partial charge in [0.15, 0.2) is 0 Å². The second-order valence-corrected chi connectivity index (χ2v) is 6.26. The number of nitrogens with zero attached hydrogens (tertiary/aromatic N) is 1. The minimum Gasteiger partial charge on any atom is -0.359 e. The maximum Gasteiger partial charge on any atom is 0.246 e. The van der Waals surface area contributed by atoms with E-state index >= 15 is 0 Å². The van der Waals surface area contributed by atoms with Gasteiger partial charge in [0.2, 0.25) is 5.91 Å². The van der Waals surface area contributed by atoms with Gasteiger partial charge in [-0.15, -0.1) is 0 Å². The quantitative estimate of drug-likeness (QED) is 0.819. The minimum atomic E-state index is 0.0947. The molecule has 0 radical (unpaired) electrons. The highest BCUT2D eigenvalue weighted by atomic mass is 35.5. The van der Waals surface area contributed by atoms with Crippen LogP contribution in [0.5, 0.6) is 0 Å². The molecule has 0 saturated heterocycles. The third kappa shape index (κ3) is 2.81. The number of aromatic nitrogens is 1. The highest BCUT2D eigenvalue weighted by Gasteiger charge is 2.18. The number of benzene rings is 1. The van der Waals surface area contributed by atoms with Crippen molar-refractivity contribution < 1.29 is 4.79 Å². The Morgan fingerprint density at radius 3 is 2.86 bits per heavy atom. The number of carbonyl (C=O) groups is 1. The topological polar surface area (TPSA) is 36.1 Å². The van der Waals surface area contributed by atoms with Gasteiger partial charge in [-0.3, -0.25) is 4.79 Å². The van der Waals surface area contributed by atoms with Crippen molar-refractivity contribution in [3.8, 4) is 0 Å². The van der Waals surface area contributed by atoms with Gasteiger partial charge in [0, 0.05) is 36.3 Å². The molecule has 114 valence electrons. The Kier molecular flexibility index (Phi) is 4.08. The van der Waals surface area contributed by atoms with Crippen LogP contribution in [0.2, 0.25) is 5.02 Å². The van der Waals surface area contributed by atoms with E-state index < -0.39 is 0 Å². The number of aromatic amines is 1. The molecule has 3 nitrogen and oxygen atoms in total. The molecule has 3 rings (SSSR count). The fourth-order valence-electron chi connectivity index (χ4n) is 2.84.